The lowest BCUT2D eigenvalue weighted by molar-refractivity contribution is -0.274. The highest BCUT2D eigenvalue weighted by molar-refractivity contribution is 5.77. The summed E-state index contributed by atoms with van der Waals surface area (Å²) in [5.74, 6) is 0.344. The van der Waals surface area contributed by atoms with Gasteiger partial charge in [-0.1, -0.05) is 12.1 Å². The number of benzene rings is 2. The third-order valence-corrected chi connectivity index (χ3v) is 2.66. The first kappa shape index (κ1) is 14.0. The molecule has 106 valence electrons. The molecule has 0 unspecified atom stereocenters. The van der Waals surface area contributed by atoms with Gasteiger partial charge >= 0.3 is 6.36 Å². The SMILES string of the molecule is COc1ccc(-c2ccc(OC(F)(F)F)cc2)c(N)c1. The van der Waals surface area contributed by atoms with Crippen LogP contribution in [0.3, 0.4) is 0 Å². The Hall–Kier alpha value is -2.37. The average Bonchev–Trinajstić information content (AvgIpc) is 2.38. The Bertz CT molecular complexity index is 594. The number of nitrogens with two attached hydrogens (primary N) is 1. The zero-order valence-electron chi connectivity index (χ0n) is 10.6. The van der Waals surface area contributed by atoms with Crippen molar-refractivity contribution in [3.05, 3.63) is 42.5 Å². The summed E-state index contributed by atoms with van der Waals surface area (Å²) in [4.78, 5) is 0. The molecule has 20 heavy (non-hydrogen) atoms. The number of halogens is 3. The molecule has 0 heterocycles. The Kier molecular flexibility index (Phi) is 3.74. The van der Waals surface area contributed by atoms with Crippen molar-refractivity contribution in [1.29, 1.82) is 0 Å². The van der Waals surface area contributed by atoms with Crippen LogP contribution in [0.2, 0.25) is 0 Å². The summed E-state index contributed by atoms with van der Waals surface area (Å²) < 4.78 is 45.0. The van der Waals surface area contributed by atoms with Crippen LogP contribution in [-0.2, 0) is 0 Å². The van der Waals surface area contributed by atoms with Gasteiger partial charge in [0.1, 0.15) is 11.5 Å². The molecule has 2 aromatic carbocycles. The highest BCUT2D eigenvalue weighted by Gasteiger charge is 2.30. The molecule has 0 saturated heterocycles. The summed E-state index contributed by atoms with van der Waals surface area (Å²) in [6.07, 6.45) is -4.69. The Morgan fingerprint density at radius 1 is 0.950 bits per heavy atom. The van der Waals surface area contributed by atoms with Gasteiger partial charge in [0.2, 0.25) is 0 Å². The largest absolute Gasteiger partial charge is 0.573 e. The second kappa shape index (κ2) is 5.32. The topological polar surface area (TPSA) is 44.5 Å². The van der Waals surface area contributed by atoms with E-state index < -0.39 is 6.36 Å². The lowest BCUT2D eigenvalue weighted by atomic mass is 10.0. The molecule has 0 bridgehead atoms. The third kappa shape index (κ3) is 3.34. The summed E-state index contributed by atoms with van der Waals surface area (Å²) in [6.45, 7) is 0. The molecule has 0 aliphatic carbocycles. The van der Waals surface area contributed by atoms with Gasteiger partial charge in [-0.05, 0) is 29.8 Å². The van der Waals surface area contributed by atoms with E-state index in [-0.39, 0.29) is 5.75 Å². The van der Waals surface area contributed by atoms with Crippen LogP contribution in [0.4, 0.5) is 18.9 Å². The number of hydrogen-bond acceptors (Lipinski definition) is 3. The van der Waals surface area contributed by atoms with Gasteiger partial charge in [-0.15, -0.1) is 13.2 Å². The van der Waals surface area contributed by atoms with E-state index >= 15 is 0 Å². The first-order valence-corrected chi connectivity index (χ1v) is 5.69. The van der Waals surface area contributed by atoms with Crippen LogP contribution in [0.1, 0.15) is 0 Å². The predicted molar refractivity (Wildman–Crippen MR) is 69.5 cm³/mol. The molecule has 2 N–H and O–H groups in total. The van der Waals surface area contributed by atoms with Crippen molar-refractivity contribution < 1.29 is 22.6 Å². The van der Waals surface area contributed by atoms with Gasteiger partial charge in [-0.2, -0.15) is 0 Å². The van der Waals surface area contributed by atoms with Crippen LogP contribution in [0.25, 0.3) is 11.1 Å². The number of rotatable bonds is 3. The smallest absolute Gasteiger partial charge is 0.497 e. The average molecular weight is 283 g/mol. The molecular formula is C14H12F3NO2. The van der Waals surface area contributed by atoms with Crippen molar-refractivity contribution in [3.63, 3.8) is 0 Å². The van der Waals surface area contributed by atoms with Crippen LogP contribution >= 0.6 is 0 Å². The molecule has 0 spiro atoms. The lowest BCUT2D eigenvalue weighted by Gasteiger charge is -2.11. The van der Waals surface area contributed by atoms with Crippen molar-refractivity contribution in [3.8, 4) is 22.6 Å². The number of anilines is 1. The van der Waals surface area contributed by atoms with Gasteiger partial charge in [0.15, 0.2) is 0 Å². The minimum atomic E-state index is -4.69. The van der Waals surface area contributed by atoms with E-state index in [1.54, 1.807) is 18.2 Å². The Morgan fingerprint density at radius 2 is 1.55 bits per heavy atom. The molecule has 3 nitrogen and oxygen atoms in total. The maximum absolute atomic E-state index is 12.1. The quantitative estimate of drug-likeness (QED) is 0.870. The maximum atomic E-state index is 12.1. The van der Waals surface area contributed by atoms with Crippen LogP contribution in [0.15, 0.2) is 42.5 Å². The second-order valence-corrected chi connectivity index (χ2v) is 4.03. The van der Waals surface area contributed by atoms with Crippen molar-refractivity contribution in [2.24, 2.45) is 0 Å². The van der Waals surface area contributed by atoms with E-state index in [1.807, 2.05) is 0 Å². The molecule has 2 rings (SSSR count). The molecular weight excluding hydrogens is 271 g/mol. The number of methoxy groups -OCH3 is 1. The zero-order chi connectivity index (χ0) is 14.8. The van der Waals surface area contributed by atoms with Gasteiger partial charge < -0.3 is 15.2 Å². The van der Waals surface area contributed by atoms with Crippen molar-refractivity contribution in [1.82, 2.24) is 0 Å². The monoisotopic (exact) mass is 283 g/mol. The molecule has 0 fully saturated rings. The summed E-state index contributed by atoms with van der Waals surface area (Å²) in [5, 5.41) is 0. The lowest BCUT2D eigenvalue weighted by Crippen LogP contribution is -2.16. The van der Waals surface area contributed by atoms with Crippen LogP contribution in [-0.4, -0.2) is 13.5 Å². The maximum Gasteiger partial charge on any atom is 0.573 e. The molecule has 6 heteroatoms. The number of hydrogen-bond donors (Lipinski definition) is 1. The molecule has 0 aromatic heterocycles. The van der Waals surface area contributed by atoms with E-state index in [1.165, 1.54) is 31.4 Å². The van der Waals surface area contributed by atoms with E-state index in [0.717, 1.165) is 0 Å². The van der Waals surface area contributed by atoms with Gasteiger partial charge in [-0.25, -0.2) is 0 Å². The third-order valence-electron chi connectivity index (χ3n) is 2.66. The van der Waals surface area contributed by atoms with Gasteiger partial charge in [-0.3, -0.25) is 0 Å². The van der Waals surface area contributed by atoms with E-state index in [4.69, 9.17) is 10.5 Å². The van der Waals surface area contributed by atoms with E-state index in [9.17, 15) is 13.2 Å². The predicted octanol–water partition coefficient (Wildman–Crippen LogP) is 3.84. The van der Waals surface area contributed by atoms with Crippen LogP contribution < -0.4 is 15.2 Å². The van der Waals surface area contributed by atoms with Crippen molar-refractivity contribution >= 4 is 5.69 Å². The van der Waals surface area contributed by atoms with Crippen LogP contribution in [0.5, 0.6) is 11.5 Å². The number of alkyl halides is 3. The number of ether oxygens (including phenoxy) is 2. The highest BCUT2D eigenvalue weighted by atomic mass is 19.4. The Labute approximate surface area is 113 Å². The molecule has 2 aromatic rings. The molecule has 0 saturated carbocycles. The Balaban J connectivity index is 2.26. The number of nitrogen functional groups attached to an aromatic ring is 1. The molecule has 0 amide bonds. The molecule has 0 atom stereocenters. The van der Waals surface area contributed by atoms with E-state index in [0.29, 0.717) is 22.6 Å². The highest BCUT2D eigenvalue weighted by Crippen LogP contribution is 2.31. The van der Waals surface area contributed by atoms with Gasteiger partial charge in [0, 0.05) is 17.3 Å². The van der Waals surface area contributed by atoms with Gasteiger partial charge in [0.05, 0.1) is 7.11 Å². The normalized spacial score (nSPS) is 11.2. The zero-order valence-corrected chi connectivity index (χ0v) is 10.6. The first-order valence-electron chi connectivity index (χ1n) is 5.69. The second-order valence-electron chi connectivity index (χ2n) is 4.03. The van der Waals surface area contributed by atoms with Gasteiger partial charge in [0.25, 0.3) is 0 Å². The van der Waals surface area contributed by atoms with Crippen LogP contribution in [0, 0.1) is 0 Å². The standard InChI is InChI=1S/C14H12F3NO2/c1-19-11-6-7-12(13(18)8-11)9-2-4-10(5-3-9)20-14(15,16)17/h2-8H,18H2,1H3. The summed E-state index contributed by atoms with van der Waals surface area (Å²) >= 11 is 0. The minimum Gasteiger partial charge on any atom is -0.497 e. The fraction of sp³-hybridized carbons (Fsp3) is 0.143. The molecule has 0 aliphatic heterocycles. The summed E-state index contributed by atoms with van der Waals surface area (Å²) in [6, 6.07) is 10.6. The summed E-state index contributed by atoms with van der Waals surface area (Å²) in [5.41, 5.74) is 7.76. The van der Waals surface area contributed by atoms with E-state index in [2.05, 4.69) is 4.74 Å². The fourth-order valence-electron chi connectivity index (χ4n) is 1.77. The van der Waals surface area contributed by atoms with Crippen molar-refractivity contribution in [2.75, 3.05) is 12.8 Å². The van der Waals surface area contributed by atoms with Crippen molar-refractivity contribution in [2.45, 2.75) is 6.36 Å². The summed E-state index contributed by atoms with van der Waals surface area (Å²) in [7, 11) is 1.53. The Morgan fingerprint density at radius 3 is 2.05 bits per heavy atom. The minimum absolute atomic E-state index is 0.270. The molecule has 0 aliphatic rings. The first-order chi connectivity index (χ1) is 9.39. The molecule has 0 radical (unpaired) electrons. The fourth-order valence-corrected chi connectivity index (χ4v) is 1.77.